The summed E-state index contributed by atoms with van der Waals surface area (Å²) in [4.78, 5) is 8.33. The molecule has 8 aromatic rings. The largest absolute Gasteiger partial charge is 0.494 e. The molecule has 0 heterocycles. The van der Waals surface area contributed by atoms with Crippen molar-refractivity contribution < 1.29 is 18.9 Å². The Bertz CT molecular complexity index is 3100. The second kappa shape index (κ2) is 31.1. The first-order valence-electron chi connectivity index (χ1n) is 31.0. The Morgan fingerprint density at radius 3 is 0.857 bits per heavy atom. The lowest BCUT2D eigenvalue weighted by Gasteiger charge is -2.26. The summed E-state index contributed by atoms with van der Waals surface area (Å²) in [7, 11) is 0. The van der Waals surface area contributed by atoms with Crippen molar-refractivity contribution in [3.05, 3.63) is 210 Å². The van der Waals surface area contributed by atoms with Crippen molar-refractivity contribution in [2.45, 2.75) is 130 Å². The van der Waals surface area contributed by atoms with E-state index in [2.05, 4.69) is 230 Å². The molecule has 0 aliphatic heterocycles. The van der Waals surface area contributed by atoms with Gasteiger partial charge in [0.1, 0.15) is 23.0 Å². The summed E-state index contributed by atoms with van der Waals surface area (Å²) in [6.45, 7) is 20.0. The van der Waals surface area contributed by atoms with Gasteiger partial charge in [0.15, 0.2) is 0 Å². The number of hydrogen-bond donors (Lipinski definition) is 0. The van der Waals surface area contributed by atoms with Crippen LogP contribution in [0.25, 0.3) is 43.8 Å². The van der Waals surface area contributed by atoms with E-state index >= 15 is 0 Å². The minimum atomic E-state index is 0.0722. The maximum atomic E-state index is 10.5. The van der Waals surface area contributed by atoms with Crippen molar-refractivity contribution in [2.24, 2.45) is 0 Å². The number of hydrogen-bond acceptors (Lipinski definition) is 7. The normalized spacial score (nSPS) is 11.3. The van der Waals surface area contributed by atoms with E-state index in [1.54, 1.807) is 0 Å². The van der Waals surface area contributed by atoms with Crippen molar-refractivity contribution in [1.82, 2.24) is 0 Å². The average molecular weight is 1120 g/mol. The highest BCUT2D eigenvalue weighted by Gasteiger charge is 2.28. The summed E-state index contributed by atoms with van der Waals surface area (Å²) in [5.74, 6) is 3.46. The third-order valence-corrected chi connectivity index (χ3v) is 15.7. The Balaban J connectivity index is 0.967. The fourth-order valence-corrected chi connectivity index (χ4v) is 11.0. The van der Waals surface area contributed by atoms with E-state index < -0.39 is 0 Å². The van der Waals surface area contributed by atoms with Crippen LogP contribution in [0.15, 0.2) is 188 Å². The second-order valence-electron chi connectivity index (χ2n) is 21.8. The summed E-state index contributed by atoms with van der Waals surface area (Å²) in [5.41, 5.74) is 14.6. The SMILES string of the molecule is [C-]#[N+]C(C#N)=C1c2cc(-c3ccc(N(c4ccc(OCCCCCC)cc4)c4ccc(OCCCCCC)cc4)cc3)ccc2-c2ccc(-c3ccc(N(c4ccc(OCCCCCC)cc4)c4ccc(OCCCCCC)cc4)cc3)cc21. The summed E-state index contributed by atoms with van der Waals surface area (Å²) in [6.07, 6.45) is 18.6. The first kappa shape index (κ1) is 59.9. The molecule has 0 saturated heterocycles. The fraction of sp³-hybridized carbons (Fsp3) is 0.316. The topological polar surface area (TPSA) is 71.6 Å². The first-order valence-corrected chi connectivity index (χ1v) is 31.0. The lowest BCUT2D eigenvalue weighted by atomic mass is 9.96. The Kier molecular flexibility index (Phi) is 22.2. The summed E-state index contributed by atoms with van der Waals surface area (Å²) < 4.78 is 24.6. The summed E-state index contributed by atoms with van der Waals surface area (Å²) in [6, 6.07) is 65.8. The van der Waals surface area contributed by atoms with Gasteiger partial charge in [-0.15, -0.1) is 0 Å². The van der Waals surface area contributed by atoms with Crippen molar-refractivity contribution >= 4 is 39.7 Å². The van der Waals surface area contributed by atoms with Crippen LogP contribution in [0.5, 0.6) is 23.0 Å². The molecule has 0 bridgehead atoms. The molecule has 8 heteroatoms. The van der Waals surface area contributed by atoms with Gasteiger partial charge in [0.25, 0.3) is 5.70 Å². The third-order valence-electron chi connectivity index (χ3n) is 15.7. The van der Waals surface area contributed by atoms with E-state index in [4.69, 9.17) is 25.5 Å². The van der Waals surface area contributed by atoms with Crippen LogP contribution in [-0.4, -0.2) is 26.4 Å². The van der Waals surface area contributed by atoms with E-state index in [1.165, 1.54) is 77.0 Å². The zero-order valence-electron chi connectivity index (χ0n) is 49.9. The number of unbranched alkanes of at least 4 members (excludes halogenated alkanes) is 12. The second-order valence-corrected chi connectivity index (χ2v) is 21.8. The maximum absolute atomic E-state index is 10.5. The molecule has 0 spiro atoms. The smallest absolute Gasteiger partial charge is 0.270 e. The number of fused-ring (bicyclic) bond motifs is 3. The van der Waals surface area contributed by atoms with Crippen LogP contribution in [0.3, 0.4) is 0 Å². The van der Waals surface area contributed by atoms with Crippen LogP contribution in [0.1, 0.15) is 142 Å². The predicted octanol–water partition coefficient (Wildman–Crippen LogP) is 22.0. The number of nitriles is 1. The van der Waals surface area contributed by atoms with Gasteiger partial charge in [-0.2, -0.15) is 0 Å². The molecule has 0 unspecified atom stereocenters. The Labute approximate surface area is 500 Å². The number of nitrogens with zero attached hydrogens (tertiary/aromatic N) is 4. The quantitative estimate of drug-likeness (QED) is 0.0236. The monoisotopic (exact) mass is 1110 g/mol. The first-order chi connectivity index (χ1) is 41.4. The number of benzene rings is 8. The van der Waals surface area contributed by atoms with E-state index in [-0.39, 0.29) is 5.70 Å². The molecule has 0 fully saturated rings. The molecule has 8 nitrogen and oxygen atoms in total. The minimum Gasteiger partial charge on any atom is -0.494 e. The van der Waals surface area contributed by atoms with Crippen LogP contribution >= 0.6 is 0 Å². The lowest BCUT2D eigenvalue weighted by molar-refractivity contribution is 0.305. The molecule has 9 rings (SSSR count). The molecule has 1 aliphatic rings. The zero-order chi connectivity index (χ0) is 58.3. The van der Waals surface area contributed by atoms with Crippen molar-refractivity contribution in [3.8, 4) is 62.4 Å². The van der Waals surface area contributed by atoms with Crippen LogP contribution in [0.4, 0.5) is 34.1 Å². The molecule has 430 valence electrons. The third kappa shape index (κ3) is 15.5. The predicted molar refractivity (Wildman–Crippen MR) is 349 cm³/mol. The minimum absolute atomic E-state index is 0.0722. The van der Waals surface area contributed by atoms with E-state index in [0.29, 0.717) is 32.0 Å². The van der Waals surface area contributed by atoms with Gasteiger partial charge in [-0.25, -0.2) is 10.1 Å². The molecular formula is C76H82N4O4. The zero-order valence-corrected chi connectivity index (χ0v) is 49.9. The Morgan fingerprint density at radius 1 is 0.345 bits per heavy atom. The standard InChI is InChI=1S/C76H82N4O4/c1-6-10-14-18-50-81-67-40-32-63(33-41-67)79(64-34-42-68(43-35-64)82-51-19-15-11-7-2)61-28-22-57(23-29-61)59-26-48-71-72-49-27-60(55-74(72)76(73(71)54-59)75(56-77)78-5)58-24-30-62(31-25-58)80(65-36-44-69(45-37-65)83-52-20-16-12-8-3)66-38-46-70(47-39-66)84-53-21-17-13-9-4/h22-49,54-55H,6-21,50-53H2,1-4H3. The van der Waals surface area contributed by atoms with Gasteiger partial charge in [0.05, 0.1) is 39.1 Å². The fourth-order valence-electron chi connectivity index (χ4n) is 11.0. The number of rotatable bonds is 32. The highest BCUT2D eigenvalue weighted by Crippen LogP contribution is 2.49. The van der Waals surface area contributed by atoms with Gasteiger partial charge < -0.3 is 28.7 Å². The van der Waals surface area contributed by atoms with Gasteiger partial charge >= 0.3 is 0 Å². The molecule has 0 saturated carbocycles. The summed E-state index contributed by atoms with van der Waals surface area (Å²) >= 11 is 0. The van der Waals surface area contributed by atoms with Gasteiger partial charge in [-0.3, -0.25) is 0 Å². The van der Waals surface area contributed by atoms with Gasteiger partial charge in [0.2, 0.25) is 0 Å². The maximum Gasteiger partial charge on any atom is 0.270 e. The molecule has 8 aromatic carbocycles. The van der Waals surface area contributed by atoms with Crippen molar-refractivity contribution in [1.29, 1.82) is 5.26 Å². The van der Waals surface area contributed by atoms with Gasteiger partial charge in [-0.1, -0.05) is 153 Å². The van der Waals surface area contributed by atoms with Gasteiger partial charge in [-0.05, 0) is 204 Å². The van der Waals surface area contributed by atoms with E-state index in [0.717, 1.165) is 127 Å². The summed E-state index contributed by atoms with van der Waals surface area (Å²) in [5, 5.41) is 10.5. The van der Waals surface area contributed by atoms with Crippen molar-refractivity contribution in [3.63, 3.8) is 0 Å². The molecule has 0 amide bonds. The Morgan fingerprint density at radius 2 is 0.607 bits per heavy atom. The van der Waals surface area contributed by atoms with Gasteiger partial charge in [0, 0.05) is 39.7 Å². The molecule has 0 atom stereocenters. The average Bonchev–Trinajstić information content (AvgIpc) is 3.94. The number of ether oxygens (including phenoxy) is 4. The molecule has 1 aliphatic carbocycles. The molecule has 0 radical (unpaired) electrons. The molecule has 0 N–H and O–H groups in total. The molecule has 0 aromatic heterocycles. The van der Waals surface area contributed by atoms with E-state index in [9.17, 15) is 5.26 Å². The highest BCUT2D eigenvalue weighted by molar-refractivity contribution is 6.05. The van der Waals surface area contributed by atoms with Crippen molar-refractivity contribution in [2.75, 3.05) is 36.2 Å². The van der Waals surface area contributed by atoms with Crippen LogP contribution in [-0.2, 0) is 0 Å². The number of anilines is 6. The van der Waals surface area contributed by atoms with Crippen LogP contribution in [0.2, 0.25) is 0 Å². The van der Waals surface area contributed by atoms with Crippen LogP contribution < -0.4 is 28.7 Å². The van der Waals surface area contributed by atoms with Crippen LogP contribution in [0, 0.1) is 17.9 Å². The highest BCUT2D eigenvalue weighted by atomic mass is 16.5. The lowest BCUT2D eigenvalue weighted by Crippen LogP contribution is -2.10. The Hall–Kier alpha value is -8.72. The van der Waals surface area contributed by atoms with E-state index in [1.807, 2.05) is 0 Å². The number of allylic oxidation sites excluding steroid dienone is 1. The molecule has 84 heavy (non-hydrogen) atoms. The molecular weight excluding hydrogens is 1030 g/mol.